The van der Waals surface area contributed by atoms with Crippen molar-refractivity contribution in [2.24, 2.45) is 0 Å². The molecule has 1 aromatic carbocycles. The molecule has 1 amide bonds. The van der Waals surface area contributed by atoms with Gasteiger partial charge in [0.05, 0.1) is 6.61 Å². The first-order valence-electron chi connectivity index (χ1n) is 6.44. The van der Waals surface area contributed by atoms with E-state index in [1.807, 2.05) is 39.0 Å². The molecule has 5 nitrogen and oxygen atoms in total. The van der Waals surface area contributed by atoms with Gasteiger partial charge in [-0.25, -0.2) is 9.97 Å². The lowest BCUT2D eigenvalue weighted by Crippen LogP contribution is -2.15. The number of benzene rings is 1. The summed E-state index contributed by atoms with van der Waals surface area (Å²) in [6.07, 6.45) is 1.32. The third-order valence-corrected chi connectivity index (χ3v) is 2.89. The second kappa shape index (κ2) is 6.14. The summed E-state index contributed by atoms with van der Waals surface area (Å²) in [6, 6.07) is 7.40. The molecule has 1 aromatic heterocycles. The van der Waals surface area contributed by atoms with Gasteiger partial charge < -0.3 is 10.1 Å². The van der Waals surface area contributed by atoms with E-state index in [1.165, 1.54) is 12.4 Å². The molecule has 0 radical (unpaired) electrons. The number of carbonyl (C=O) groups is 1. The van der Waals surface area contributed by atoms with Crippen LogP contribution in [-0.4, -0.2) is 22.5 Å². The van der Waals surface area contributed by atoms with Gasteiger partial charge in [-0.15, -0.1) is 0 Å². The maximum atomic E-state index is 12.2. The Balaban J connectivity index is 2.22. The first-order chi connectivity index (χ1) is 9.61. The first-order valence-corrected chi connectivity index (χ1v) is 6.44. The quantitative estimate of drug-likeness (QED) is 0.928. The van der Waals surface area contributed by atoms with Gasteiger partial charge in [-0.1, -0.05) is 18.2 Å². The molecule has 0 aliphatic rings. The summed E-state index contributed by atoms with van der Waals surface area (Å²) in [6.45, 7) is 6.26. The predicted molar refractivity (Wildman–Crippen MR) is 77.1 cm³/mol. The molecule has 1 heterocycles. The van der Waals surface area contributed by atoms with Crippen LogP contribution in [0.4, 0.5) is 5.69 Å². The predicted octanol–water partition coefficient (Wildman–Crippen LogP) is 2.74. The lowest BCUT2D eigenvalue weighted by Gasteiger charge is -2.11. The number of nitrogens with zero attached hydrogens (tertiary/aromatic N) is 2. The summed E-state index contributed by atoms with van der Waals surface area (Å²) in [7, 11) is 0. The molecule has 0 unspecified atom stereocenters. The van der Waals surface area contributed by atoms with E-state index in [1.54, 1.807) is 0 Å². The van der Waals surface area contributed by atoms with Gasteiger partial charge in [0.25, 0.3) is 5.91 Å². The Morgan fingerprint density at radius 3 is 2.60 bits per heavy atom. The summed E-state index contributed by atoms with van der Waals surface area (Å²) < 4.78 is 5.26. The molecule has 0 saturated carbocycles. The highest BCUT2D eigenvalue weighted by molar-refractivity contribution is 6.03. The number of carbonyl (C=O) groups excluding carboxylic acids is 1. The zero-order chi connectivity index (χ0) is 14.5. The average molecular weight is 271 g/mol. The second-order valence-electron chi connectivity index (χ2n) is 4.40. The fourth-order valence-corrected chi connectivity index (χ4v) is 1.88. The SMILES string of the molecule is CCOc1cc(C(=O)Nc2c(C)cccc2C)ncn1. The van der Waals surface area contributed by atoms with Gasteiger partial charge in [-0.3, -0.25) is 4.79 Å². The molecular formula is C15H17N3O2. The molecule has 0 fully saturated rings. The van der Waals surface area contributed by atoms with Crippen molar-refractivity contribution >= 4 is 11.6 Å². The Kier molecular flexibility index (Phi) is 4.30. The molecule has 0 aliphatic heterocycles. The summed E-state index contributed by atoms with van der Waals surface area (Å²) in [5.74, 6) is 0.125. The van der Waals surface area contributed by atoms with E-state index in [0.717, 1.165) is 16.8 Å². The van der Waals surface area contributed by atoms with Crippen LogP contribution in [0.2, 0.25) is 0 Å². The minimum Gasteiger partial charge on any atom is -0.478 e. The lowest BCUT2D eigenvalue weighted by molar-refractivity contribution is 0.102. The van der Waals surface area contributed by atoms with Crippen LogP contribution in [0.25, 0.3) is 0 Å². The number of nitrogens with one attached hydrogen (secondary N) is 1. The Morgan fingerprint density at radius 1 is 1.25 bits per heavy atom. The number of ether oxygens (including phenoxy) is 1. The summed E-state index contributed by atoms with van der Waals surface area (Å²) in [5, 5.41) is 2.88. The smallest absolute Gasteiger partial charge is 0.274 e. The molecule has 20 heavy (non-hydrogen) atoms. The van der Waals surface area contributed by atoms with Crippen molar-refractivity contribution in [2.45, 2.75) is 20.8 Å². The molecule has 0 atom stereocenters. The van der Waals surface area contributed by atoms with E-state index >= 15 is 0 Å². The van der Waals surface area contributed by atoms with Crippen molar-refractivity contribution in [1.82, 2.24) is 9.97 Å². The van der Waals surface area contributed by atoms with Crippen molar-refractivity contribution in [3.05, 3.63) is 47.4 Å². The van der Waals surface area contributed by atoms with Crippen molar-refractivity contribution in [2.75, 3.05) is 11.9 Å². The van der Waals surface area contributed by atoms with E-state index in [2.05, 4.69) is 15.3 Å². The molecule has 0 saturated heterocycles. The highest BCUT2D eigenvalue weighted by Gasteiger charge is 2.12. The maximum absolute atomic E-state index is 12.2. The van der Waals surface area contributed by atoms with Gasteiger partial charge in [0.1, 0.15) is 12.0 Å². The third-order valence-electron chi connectivity index (χ3n) is 2.89. The number of rotatable bonds is 4. The molecule has 1 N–H and O–H groups in total. The third kappa shape index (κ3) is 3.12. The van der Waals surface area contributed by atoms with Crippen LogP contribution >= 0.6 is 0 Å². The van der Waals surface area contributed by atoms with E-state index in [9.17, 15) is 4.79 Å². The van der Waals surface area contributed by atoms with E-state index in [0.29, 0.717) is 12.5 Å². The van der Waals surface area contributed by atoms with E-state index < -0.39 is 0 Å². The minimum absolute atomic E-state index is 0.272. The Bertz CT molecular complexity index is 606. The van der Waals surface area contributed by atoms with Gasteiger partial charge in [-0.05, 0) is 31.9 Å². The largest absolute Gasteiger partial charge is 0.478 e. The summed E-state index contributed by atoms with van der Waals surface area (Å²) >= 11 is 0. The molecule has 2 rings (SSSR count). The summed E-state index contributed by atoms with van der Waals surface area (Å²) in [4.78, 5) is 20.1. The monoisotopic (exact) mass is 271 g/mol. The van der Waals surface area contributed by atoms with E-state index in [-0.39, 0.29) is 11.6 Å². The molecule has 0 aliphatic carbocycles. The van der Waals surface area contributed by atoms with Crippen molar-refractivity contribution in [3.8, 4) is 5.88 Å². The van der Waals surface area contributed by atoms with Crippen LogP contribution in [0.1, 0.15) is 28.5 Å². The summed E-state index contributed by atoms with van der Waals surface area (Å²) in [5.41, 5.74) is 3.12. The topological polar surface area (TPSA) is 64.1 Å². The van der Waals surface area contributed by atoms with Crippen LogP contribution in [0, 0.1) is 13.8 Å². The Morgan fingerprint density at radius 2 is 1.95 bits per heavy atom. The fourth-order valence-electron chi connectivity index (χ4n) is 1.88. The standard InChI is InChI=1S/C15H17N3O2/c1-4-20-13-8-12(16-9-17-13)15(19)18-14-10(2)6-5-7-11(14)3/h5-9H,4H2,1-3H3,(H,18,19). The number of aromatic nitrogens is 2. The van der Waals surface area contributed by atoms with Gasteiger partial charge in [0.2, 0.25) is 5.88 Å². The van der Waals surface area contributed by atoms with Crippen LogP contribution < -0.4 is 10.1 Å². The van der Waals surface area contributed by atoms with Crippen molar-refractivity contribution < 1.29 is 9.53 Å². The molecular weight excluding hydrogens is 254 g/mol. The van der Waals surface area contributed by atoms with Crippen molar-refractivity contribution in [3.63, 3.8) is 0 Å². The fraction of sp³-hybridized carbons (Fsp3) is 0.267. The molecule has 0 bridgehead atoms. The zero-order valence-electron chi connectivity index (χ0n) is 11.8. The van der Waals surface area contributed by atoms with Gasteiger partial charge in [-0.2, -0.15) is 0 Å². The van der Waals surface area contributed by atoms with E-state index in [4.69, 9.17) is 4.74 Å². The number of hydrogen-bond donors (Lipinski definition) is 1. The van der Waals surface area contributed by atoms with Gasteiger partial charge >= 0.3 is 0 Å². The maximum Gasteiger partial charge on any atom is 0.274 e. The first kappa shape index (κ1) is 14.0. The highest BCUT2D eigenvalue weighted by Crippen LogP contribution is 2.20. The highest BCUT2D eigenvalue weighted by atomic mass is 16.5. The average Bonchev–Trinajstić information content (AvgIpc) is 2.43. The molecule has 104 valence electrons. The number of para-hydroxylation sites is 1. The minimum atomic E-state index is -0.272. The molecule has 0 spiro atoms. The Hall–Kier alpha value is -2.43. The van der Waals surface area contributed by atoms with Crippen LogP contribution in [0.3, 0.4) is 0 Å². The van der Waals surface area contributed by atoms with Crippen LogP contribution in [0.5, 0.6) is 5.88 Å². The Labute approximate surface area is 118 Å². The van der Waals surface area contributed by atoms with Crippen LogP contribution in [-0.2, 0) is 0 Å². The second-order valence-corrected chi connectivity index (χ2v) is 4.40. The number of amides is 1. The lowest BCUT2D eigenvalue weighted by atomic mass is 10.1. The van der Waals surface area contributed by atoms with Gasteiger partial charge in [0.15, 0.2) is 0 Å². The number of aryl methyl sites for hydroxylation is 2. The van der Waals surface area contributed by atoms with Crippen LogP contribution in [0.15, 0.2) is 30.6 Å². The zero-order valence-corrected chi connectivity index (χ0v) is 11.8. The molecule has 2 aromatic rings. The van der Waals surface area contributed by atoms with Gasteiger partial charge in [0, 0.05) is 11.8 Å². The van der Waals surface area contributed by atoms with Crippen molar-refractivity contribution in [1.29, 1.82) is 0 Å². The molecule has 5 heteroatoms. The normalized spacial score (nSPS) is 10.2. The number of anilines is 1. The number of hydrogen-bond acceptors (Lipinski definition) is 4.